The smallest absolute Gasteiger partial charge is 0.305 e. The number of carboxylic acids is 1. The summed E-state index contributed by atoms with van der Waals surface area (Å²) in [6.07, 6.45) is -0.854. The van der Waals surface area contributed by atoms with Crippen molar-refractivity contribution >= 4 is 11.9 Å². The van der Waals surface area contributed by atoms with E-state index in [-0.39, 0.29) is 12.8 Å². The van der Waals surface area contributed by atoms with Crippen molar-refractivity contribution in [2.75, 3.05) is 7.11 Å². The van der Waals surface area contributed by atoms with Gasteiger partial charge in [0.05, 0.1) is 18.9 Å². The summed E-state index contributed by atoms with van der Waals surface area (Å²) in [6, 6.07) is 0. The maximum atomic E-state index is 10.3. The highest BCUT2D eigenvalue weighted by Gasteiger charge is 2.14. The van der Waals surface area contributed by atoms with Crippen LogP contribution in [-0.2, 0) is 14.3 Å². The van der Waals surface area contributed by atoms with E-state index in [0.717, 1.165) is 0 Å². The lowest BCUT2D eigenvalue weighted by Gasteiger charge is -2.09. The molecule has 0 aromatic carbocycles. The minimum atomic E-state index is -1.00. The zero-order valence-electron chi connectivity index (χ0n) is 6.24. The maximum absolute atomic E-state index is 10.3. The van der Waals surface area contributed by atoms with E-state index in [0.29, 0.717) is 0 Å². The van der Waals surface area contributed by atoms with Crippen molar-refractivity contribution in [1.82, 2.24) is 0 Å². The van der Waals surface area contributed by atoms with E-state index in [1.165, 1.54) is 7.11 Å². The quantitative estimate of drug-likeness (QED) is 0.560. The predicted molar refractivity (Wildman–Crippen MR) is 36.9 cm³/mol. The first-order chi connectivity index (χ1) is 5.06. The Balaban J connectivity index is 3.76. The second-order valence-electron chi connectivity index (χ2n) is 2.13. The van der Waals surface area contributed by atoms with Gasteiger partial charge in [0.25, 0.3) is 0 Å². The molecule has 5 heteroatoms. The molecule has 0 rings (SSSR count). The van der Waals surface area contributed by atoms with Crippen molar-refractivity contribution < 1.29 is 19.4 Å². The Labute approximate surface area is 64.1 Å². The average molecular weight is 161 g/mol. The summed E-state index contributed by atoms with van der Waals surface area (Å²) in [7, 11) is 1.34. The molecule has 0 saturated carbocycles. The van der Waals surface area contributed by atoms with E-state index in [1.807, 2.05) is 0 Å². The molecule has 11 heavy (non-hydrogen) atoms. The molecule has 0 aromatic heterocycles. The zero-order valence-corrected chi connectivity index (χ0v) is 6.24. The fraction of sp³-hybridized carbons (Fsp3) is 0.667. The van der Waals surface area contributed by atoms with Crippen LogP contribution in [-0.4, -0.2) is 30.2 Å². The molecule has 3 N–H and O–H groups in total. The van der Waals surface area contributed by atoms with Crippen molar-refractivity contribution in [2.45, 2.75) is 18.9 Å². The summed E-state index contributed by atoms with van der Waals surface area (Å²) >= 11 is 0. The fourth-order valence-corrected chi connectivity index (χ4v) is 0.658. The number of carbonyl (C=O) groups excluding carboxylic acids is 1. The third-order valence-corrected chi connectivity index (χ3v) is 1.16. The molecule has 5 nitrogen and oxygen atoms in total. The molecule has 0 aliphatic carbocycles. The van der Waals surface area contributed by atoms with Gasteiger partial charge in [-0.05, 0) is 0 Å². The molecule has 0 aliphatic heterocycles. The van der Waals surface area contributed by atoms with Gasteiger partial charge in [-0.15, -0.1) is 0 Å². The SMILES string of the molecule is CO[C@@H](CC(N)=O)CC(=O)O. The average Bonchev–Trinajstić information content (AvgIpc) is 1.84. The van der Waals surface area contributed by atoms with E-state index < -0.39 is 18.0 Å². The number of hydrogen-bond donors (Lipinski definition) is 2. The summed E-state index contributed by atoms with van der Waals surface area (Å²) in [5, 5.41) is 8.30. The van der Waals surface area contributed by atoms with Gasteiger partial charge in [-0.3, -0.25) is 9.59 Å². The van der Waals surface area contributed by atoms with Crippen LogP contribution >= 0.6 is 0 Å². The lowest BCUT2D eigenvalue weighted by atomic mass is 10.2. The summed E-state index contributed by atoms with van der Waals surface area (Å²) in [6.45, 7) is 0. The lowest BCUT2D eigenvalue weighted by molar-refractivity contribution is -0.140. The first-order valence-corrected chi connectivity index (χ1v) is 3.09. The number of methoxy groups -OCH3 is 1. The molecule has 0 fully saturated rings. The van der Waals surface area contributed by atoms with Gasteiger partial charge in [0.2, 0.25) is 5.91 Å². The monoisotopic (exact) mass is 161 g/mol. The number of aliphatic carboxylic acids is 1. The van der Waals surface area contributed by atoms with Crippen LogP contribution in [0.3, 0.4) is 0 Å². The number of carboxylic acid groups (broad SMARTS) is 1. The molecule has 0 aliphatic rings. The van der Waals surface area contributed by atoms with Gasteiger partial charge in [-0.1, -0.05) is 0 Å². The number of ether oxygens (including phenoxy) is 1. The van der Waals surface area contributed by atoms with Gasteiger partial charge in [0, 0.05) is 7.11 Å². The fourth-order valence-electron chi connectivity index (χ4n) is 0.658. The molecule has 0 heterocycles. The Bertz CT molecular complexity index is 141. The van der Waals surface area contributed by atoms with Crippen molar-refractivity contribution in [3.05, 3.63) is 0 Å². The molecule has 0 radical (unpaired) electrons. The number of rotatable bonds is 5. The van der Waals surface area contributed by atoms with Gasteiger partial charge < -0.3 is 15.6 Å². The van der Waals surface area contributed by atoms with Crippen molar-refractivity contribution in [3.8, 4) is 0 Å². The van der Waals surface area contributed by atoms with Crippen LogP contribution in [0.2, 0.25) is 0 Å². The molecule has 1 atom stereocenters. The first kappa shape index (κ1) is 9.90. The largest absolute Gasteiger partial charge is 0.481 e. The standard InChI is InChI=1S/C6H11NO4/c1-11-4(2-5(7)8)3-6(9)10/h4H,2-3H2,1H3,(H2,7,8)(H,9,10)/t4-/m0/s1. The summed E-state index contributed by atoms with van der Waals surface area (Å²) < 4.78 is 4.69. The Morgan fingerprint density at radius 2 is 2.09 bits per heavy atom. The molecule has 0 spiro atoms. The van der Waals surface area contributed by atoms with Crippen LogP contribution in [0.1, 0.15) is 12.8 Å². The lowest BCUT2D eigenvalue weighted by Crippen LogP contribution is -2.24. The number of hydrogen-bond acceptors (Lipinski definition) is 3. The van der Waals surface area contributed by atoms with Crippen molar-refractivity contribution in [1.29, 1.82) is 0 Å². The van der Waals surface area contributed by atoms with Gasteiger partial charge >= 0.3 is 5.97 Å². The second-order valence-corrected chi connectivity index (χ2v) is 2.13. The third kappa shape index (κ3) is 5.35. The highest BCUT2D eigenvalue weighted by atomic mass is 16.5. The van der Waals surface area contributed by atoms with E-state index in [2.05, 4.69) is 0 Å². The van der Waals surface area contributed by atoms with E-state index >= 15 is 0 Å². The Morgan fingerprint density at radius 1 is 1.55 bits per heavy atom. The van der Waals surface area contributed by atoms with Crippen molar-refractivity contribution in [3.63, 3.8) is 0 Å². The van der Waals surface area contributed by atoms with E-state index in [1.54, 1.807) is 0 Å². The first-order valence-electron chi connectivity index (χ1n) is 3.09. The van der Waals surface area contributed by atoms with Gasteiger partial charge in [-0.25, -0.2) is 0 Å². The second kappa shape index (κ2) is 4.68. The molecular weight excluding hydrogens is 150 g/mol. The Kier molecular flexibility index (Phi) is 4.21. The van der Waals surface area contributed by atoms with Crippen LogP contribution in [0.4, 0.5) is 0 Å². The van der Waals surface area contributed by atoms with Crippen LogP contribution in [0.5, 0.6) is 0 Å². The topological polar surface area (TPSA) is 89.6 Å². The van der Waals surface area contributed by atoms with Crippen molar-refractivity contribution in [2.24, 2.45) is 5.73 Å². The highest BCUT2D eigenvalue weighted by Crippen LogP contribution is 2.01. The molecule has 0 unspecified atom stereocenters. The van der Waals surface area contributed by atoms with Crippen LogP contribution in [0.25, 0.3) is 0 Å². The zero-order chi connectivity index (χ0) is 8.85. The van der Waals surface area contributed by atoms with Crippen LogP contribution in [0.15, 0.2) is 0 Å². The van der Waals surface area contributed by atoms with E-state index in [9.17, 15) is 9.59 Å². The third-order valence-electron chi connectivity index (χ3n) is 1.16. The van der Waals surface area contributed by atoms with Gasteiger partial charge in [0.1, 0.15) is 0 Å². The summed E-state index contributed by atoms with van der Waals surface area (Å²) in [5.41, 5.74) is 4.83. The number of nitrogens with two attached hydrogens (primary N) is 1. The number of amides is 1. The maximum Gasteiger partial charge on any atom is 0.305 e. The predicted octanol–water partition coefficient (Wildman–Crippen LogP) is -0.648. The van der Waals surface area contributed by atoms with Crippen LogP contribution in [0, 0.1) is 0 Å². The summed E-state index contributed by atoms with van der Waals surface area (Å²) in [5.74, 6) is -1.56. The van der Waals surface area contributed by atoms with E-state index in [4.69, 9.17) is 15.6 Å². The normalized spacial score (nSPS) is 12.5. The summed E-state index contributed by atoms with van der Waals surface area (Å²) in [4.78, 5) is 20.4. The molecule has 0 saturated heterocycles. The highest BCUT2D eigenvalue weighted by molar-refractivity contribution is 5.75. The van der Waals surface area contributed by atoms with Gasteiger partial charge in [0.15, 0.2) is 0 Å². The molecule has 1 amide bonds. The molecule has 0 bridgehead atoms. The van der Waals surface area contributed by atoms with Crippen LogP contribution < -0.4 is 5.73 Å². The molecule has 0 aromatic rings. The Morgan fingerprint density at radius 3 is 2.36 bits per heavy atom. The van der Waals surface area contributed by atoms with Gasteiger partial charge in [-0.2, -0.15) is 0 Å². The minimum absolute atomic E-state index is 0.0528. The number of carbonyl (C=O) groups is 2. The minimum Gasteiger partial charge on any atom is -0.481 e. The number of primary amides is 1. The molecule has 64 valence electrons. The Hall–Kier alpha value is -1.10. The molecular formula is C6H11NO4.